The first-order chi connectivity index (χ1) is 6.93. The number of rotatable bonds is 5. The molecule has 1 unspecified atom stereocenters. The molecule has 0 saturated heterocycles. The van der Waals surface area contributed by atoms with Crippen LogP contribution in [0.5, 0.6) is 0 Å². The van der Waals surface area contributed by atoms with E-state index in [4.69, 9.17) is 10.8 Å². The van der Waals surface area contributed by atoms with E-state index in [9.17, 15) is 4.79 Å². The third kappa shape index (κ3) is 3.06. The Bertz CT molecular complexity index is 344. The summed E-state index contributed by atoms with van der Waals surface area (Å²) in [5.41, 5.74) is 5.54. The van der Waals surface area contributed by atoms with Gasteiger partial charge in [0.25, 0.3) is 0 Å². The maximum absolute atomic E-state index is 10.7. The normalized spacial score (nSPS) is 14.9. The molecule has 1 aromatic heterocycles. The molecular weight excluding hydrogens is 194 g/mol. The van der Waals surface area contributed by atoms with E-state index in [0.29, 0.717) is 19.4 Å². The summed E-state index contributed by atoms with van der Waals surface area (Å²) >= 11 is 0. The van der Waals surface area contributed by atoms with Crippen molar-refractivity contribution in [1.29, 1.82) is 0 Å². The van der Waals surface area contributed by atoms with Gasteiger partial charge in [0.15, 0.2) is 0 Å². The zero-order chi connectivity index (χ0) is 11.5. The van der Waals surface area contributed by atoms with Gasteiger partial charge >= 0.3 is 5.97 Å². The van der Waals surface area contributed by atoms with E-state index in [0.717, 1.165) is 5.69 Å². The average molecular weight is 211 g/mol. The van der Waals surface area contributed by atoms with Crippen LogP contribution < -0.4 is 5.73 Å². The molecule has 5 nitrogen and oxygen atoms in total. The number of carboxylic acid groups (broad SMARTS) is 1. The fourth-order valence-corrected chi connectivity index (χ4v) is 1.34. The first-order valence-electron chi connectivity index (χ1n) is 4.94. The molecule has 0 aliphatic carbocycles. The lowest BCUT2D eigenvalue weighted by Gasteiger charge is -2.18. The maximum Gasteiger partial charge on any atom is 0.323 e. The highest BCUT2D eigenvalue weighted by Crippen LogP contribution is 2.10. The number of aryl methyl sites for hydroxylation is 2. The molecule has 0 spiro atoms. The zero-order valence-electron chi connectivity index (χ0n) is 9.10. The highest BCUT2D eigenvalue weighted by molar-refractivity contribution is 5.77. The number of aliphatic carboxylic acids is 1. The molecule has 1 atom stereocenters. The molecule has 0 aliphatic rings. The summed E-state index contributed by atoms with van der Waals surface area (Å²) in [5, 5.41) is 12.9. The minimum atomic E-state index is -1.14. The quantitative estimate of drug-likeness (QED) is 0.754. The summed E-state index contributed by atoms with van der Waals surface area (Å²) < 4.78 is 1.85. The minimum absolute atomic E-state index is 0.446. The topological polar surface area (TPSA) is 81.1 Å². The summed E-state index contributed by atoms with van der Waals surface area (Å²) in [4.78, 5) is 10.7. The summed E-state index contributed by atoms with van der Waals surface area (Å²) in [7, 11) is 0. The molecule has 0 saturated carbocycles. The molecule has 84 valence electrons. The van der Waals surface area contributed by atoms with Gasteiger partial charge in [0.1, 0.15) is 5.54 Å². The molecule has 5 heteroatoms. The lowest BCUT2D eigenvalue weighted by molar-refractivity contribution is -0.142. The van der Waals surface area contributed by atoms with Crippen molar-refractivity contribution in [1.82, 2.24) is 9.78 Å². The number of carboxylic acids is 1. The van der Waals surface area contributed by atoms with Crippen molar-refractivity contribution in [3.05, 3.63) is 18.0 Å². The first-order valence-corrected chi connectivity index (χ1v) is 4.94. The van der Waals surface area contributed by atoms with Crippen molar-refractivity contribution in [2.24, 2.45) is 5.73 Å². The van der Waals surface area contributed by atoms with E-state index in [1.807, 2.05) is 17.7 Å². The van der Waals surface area contributed by atoms with Gasteiger partial charge in [-0.2, -0.15) is 5.10 Å². The molecule has 0 bridgehead atoms. The second kappa shape index (κ2) is 4.44. The standard InChI is InChI=1S/C10H17N3O2/c1-8-4-6-12-13(8)7-3-5-10(2,11)9(14)15/h4,6H,3,5,7,11H2,1-2H3,(H,14,15). The molecule has 0 aliphatic heterocycles. The van der Waals surface area contributed by atoms with Crippen molar-refractivity contribution in [3.63, 3.8) is 0 Å². The molecule has 3 N–H and O–H groups in total. The van der Waals surface area contributed by atoms with Crippen LogP contribution in [0.1, 0.15) is 25.5 Å². The number of nitrogens with two attached hydrogens (primary N) is 1. The van der Waals surface area contributed by atoms with Gasteiger partial charge in [0.2, 0.25) is 0 Å². The van der Waals surface area contributed by atoms with E-state index in [1.54, 1.807) is 6.20 Å². The Balaban J connectivity index is 2.40. The van der Waals surface area contributed by atoms with Crippen LogP contribution in [0.4, 0.5) is 0 Å². The van der Waals surface area contributed by atoms with Crippen LogP contribution in [0.25, 0.3) is 0 Å². The van der Waals surface area contributed by atoms with E-state index in [-0.39, 0.29) is 0 Å². The van der Waals surface area contributed by atoms with Crippen LogP contribution >= 0.6 is 0 Å². The van der Waals surface area contributed by atoms with Gasteiger partial charge in [-0.25, -0.2) is 0 Å². The number of hydrogen-bond donors (Lipinski definition) is 2. The Kier molecular flexibility index (Phi) is 3.47. The summed E-state index contributed by atoms with van der Waals surface area (Å²) in [5.74, 6) is -0.959. The van der Waals surface area contributed by atoms with Crippen molar-refractivity contribution in [2.45, 2.75) is 38.8 Å². The van der Waals surface area contributed by atoms with Crippen LogP contribution in [0.15, 0.2) is 12.3 Å². The lowest BCUT2D eigenvalue weighted by atomic mass is 9.98. The summed E-state index contributed by atoms with van der Waals surface area (Å²) in [6.45, 7) is 4.20. The maximum atomic E-state index is 10.7. The van der Waals surface area contributed by atoms with Gasteiger partial charge in [-0.15, -0.1) is 0 Å². The van der Waals surface area contributed by atoms with Gasteiger partial charge < -0.3 is 10.8 Å². The molecule has 1 aromatic rings. The second-order valence-electron chi connectivity index (χ2n) is 4.02. The van der Waals surface area contributed by atoms with Crippen LogP contribution in [0.3, 0.4) is 0 Å². The molecular formula is C10H17N3O2. The molecule has 0 amide bonds. The molecule has 15 heavy (non-hydrogen) atoms. The van der Waals surface area contributed by atoms with Crippen molar-refractivity contribution >= 4 is 5.97 Å². The van der Waals surface area contributed by atoms with Gasteiger partial charge in [0.05, 0.1) is 0 Å². The van der Waals surface area contributed by atoms with E-state index in [2.05, 4.69) is 5.10 Å². The Morgan fingerprint density at radius 1 is 1.73 bits per heavy atom. The van der Waals surface area contributed by atoms with Gasteiger partial charge in [0, 0.05) is 18.4 Å². The second-order valence-corrected chi connectivity index (χ2v) is 4.02. The SMILES string of the molecule is Cc1ccnn1CCCC(C)(N)C(=O)O. The third-order valence-corrected chi connectivity index (χ3v) is 2.48. The monoisotopic (exact) mass is 211 g/mol. The number of aromatic nitrogens is 2. The van der Waals surface area contributed by atoms with Crippen LogP contribution in [0.2, 0.25) is 0 Å². The van der Waals surface area contributed by atoms with Gasteiger partial charge in [-0.3, -0.25) is 9.48 Å². The molecule has 0 aromatic carbocycles. The Labute approximate surface area is 88.9 Å². The number of carbonyl (C=O) groups is 1. The van der Waals surface area contributed by atoms with E-state index < -0.39 is 11.5 Å². The smallest absolute Gasteiger partial charge is 0.323 e. The largest absolute Gasteiger partial charge is 0.480 e. The van der Waals surface area contributed by atoms with Crippen LogP contribution in [-0.4, -0.2) is 26.4 Å². The molecule has 1 rings (SSSR count). The highest BCUT2D eigenvalue weighted by atomic mass is 16.4. The van der Waals surface area contributed by atoms with Crippen LogP contribution in [-0.2, 0) is 11.3 Å². The number of hydrogen-bond acceptors (Lipinski definition) is 3. The first kappa shape index (κ1) is 11.7. The van der Waals surface area contributed by atoms with Gasteiger partial charge in [-0.05, 0) is 32.8 Å². The third-order valence-electron chi connectivity index (χ3n) is 2.48. The Morgan fingerprint density at radius 3 is 2.87 bits per heavy atom. The zero-order valence-corrected chi connectivity index (χ0v) is 9.10. The Hall–Kier alpha value is -1.36. The summed E-state index contributed by atoms with van der Waals surface area (Å²) in [6, 6.07) is 1.92. The lowest BCUT2D eigenvalue weighted by Crippen LogP contribution is -2.44. The van der Waals surface area contributed by atoms with Crippen LogP contribution in [0, 0.1) is 6.92 Å². The van der Waals surface area contributed by atoms with E-state index in [1.165, 1.54) is 6.92 Å². The molecule has 1 heterocycles. The number of nitrogens with zero attached hydrogens (tertiary/aromatic N) is 2. The predicted octanol–water partition coefficient (Wildman–Crippen LogP) is 0.774. The Morgan fingerprint density at radius 2 is 2.40 bits per heavy atom. The van der Waals surface area contributed by atoms with Gasteiger partial charge in [-0.1, -0.05) is 0 Å². The predicted molar refractivity (Wildman–Crippen MR) is 56.4 cm³/mol. The minimum Gasteiger partial charge on any atom is -0.480 e. The fraction of sp³-hybridized carbons (Fsp3) is 0.600. The molecule has 0 radical (unpaired) electrons. The fourth-order valence-electron chi connectivity index (χ4n) is 1.34. The van der Waals surface area contributed by atoms with E-state index >= 15 is 0 Å². The summed E-state index contributed by atoms with van der Waals surface area (Å²) in [6.07, 6.45) is 2.89. The highest BCUT2D eigenvalue weighted by Gasteiger charge is 2.26. The van der Waals surface area contributed by atoms with Crippen molar-refractivity contribution < 1.29 is 9.90 Å². The van der Waals surface area contributed by atoms with Crippen molar-refractivity contribution in [2.75, 3.05) is 0 Å². The average Bonchev–Trinajstić information content (AvgIpc) is 2.51. The molecule has 0 fully saturated rings. The van der Waals surface area contributed by atoms with Crippen molar-refractivity contribution in [3.8, 4) is 0 Å².